The van der Waals surface area contributed by atoms with Crippen molar-refractivity contribution in [3.05, 3.63) is 63.8 Å². The molecule has 6 heteroatoms. The zero-order valence-corrected chi connectivity index (χ0v) is 15.8. The fourth-order valence-corrected chi connectivity index (χ4v) is 3.62. The fourth-order valence-electron chi connectivity index (χ4n) is 3.50. The minimum atomic E-state index is -0.229. The van der Waals surface area contributed by atoms with Gasteiger partial charge in [-0.2, -0.15) is 0 Å². The Hall–Kier alpha value is -2.66. The monoisotopic (exact) mass is 382 g/mol. The van der Waals surface area contributed by atoms with Gasteiger partial charge in [-0.1, -0.05) is 23.7 Å². The van der Waals surface area contributed by atoms with Crippen LogP contribution in [0.15, 0.2) is 47.7 Å². The molecule has 0 spiro atoms. The van der Waals surface area contributed by atoms with E-state index in [0.717, 1.165) is 29.0 Å². The van der Waals surface area contributed by atoms with E-state index >= 15 is 0 Å². The number of nitrogens with zero attached hydrogens (tertiary/aromatic N) is 2. The number of amides is 2. The van der Waals surface area contributed by atoms with E-state index in [-0.39, 0.29) is 11.8 Å². The van der Waals surface area contributed by atoms with Crippen LogP contribution in [0.5, 0.6) is 5.75 Å². The Bertz CT molecular complexity index is 922. The molecule has 138 valence electrons. The molecule has 2 aliphatic rings. The number of ether oxygens (including phenoxy) is 1. The molecular weight excluding hydrogens is 364 g/mol. The molecular formula is C21H19ClN2O3. The highest BCUT2D eigenvalue weighted by Crippen LogP contribution is 2.35. The molecule has 1 aliphatic carbocycles. The highest BCUT2D eigenvalue weighted by molar-refractivity contribution is 6.32. The van der Waals surface area contributed by atoms with Crippen LogP contribution in [-0.2, 0) is 16.2 Å². The van der Waals surface area contributed by atoms with Gasteiger partial charge in [0.15, 0.2) is 0 Å². The number of aryl methyl sites for hydroxylation is 1. The summed E-state index contributed by atoms with van der Waals surface area (Å²) in [5.74, 6) is 0.456. The number of hydrogen-bond donors (Lipinski definition) is 0. The molecule has 0 atom stereocenters. The molecule has 0 unspecified atom stereocenters. The first-order chi connectivity index (χ1) is 13.0. The van der Waals surface area contributed by atoms with E-state index < -0.39 is 0 Å². The smallest absolute Gasteiger partial charge is 0.262 e. The van der Waals surface area contributed by atoms with Gasteiger partial charge in [-0.3, -0.25) is 9.59 Å². The maximum absolute atomic E-state index is 12.6. The van der Waals surface area contributed by atoms with Gasteiger partial charge in [-0.15, -0.1) is 0 Å². The molecule has 2 heterocycles. The standard InChI is InChI=1S/C21H19ClN2O3/c1-13-10-14(6-8-18(13)22)12-27-15-7-9-19(23-11-15)24-20(25)16-4-2-3-5-17(16)21(24)26/h6-11H,2-5,12H2,1H3. The maximum Gasteiger partial charge on any atom is 0.262 e. The third kappa shape index (κ3) is 3.35. The van der Waals surface area contributed by atoms with E-state index in [2.05, 4.69) is 4.98 Å². The summed E-state index contributed by atoms with van der Waals surface area (Å²) in [4.78, 5) is 30.6. The van der Waals surface area contributed by atoms with Gasteiger partial charge in [-0.05, 0) is 61.9 Å². The van der Waals surface area contributed by atoms with Crippen molar-refractivity contribution < 1.29 is 14.3 Å². The topological polar surface area (TPSA) is 59.5 Å². The van der Waals surface area contributed by atoms with Crippen molar-refractivity contribution in [1.29, 1.82) is 0 Å². The van der Waals surface area contributed by atoms with Gasteiger partial charge in [0, 0.05) is 16.2 Å². The average molecular weight is 383 g/mol. The van der Waals surface area contributed by atoms with Crippen LogP contribution in [0.2, 0.25) is 5.02 Å². The normalized spacial score (nSPS) is 16.7. The van der Waals surface area contributed by atoms with Crippen LogP contribution in [-0.4, -0.2) is 16.8 Å². The Morgan fingerprint density at radius 2 is 1.78 bits per heavy atom. The number of halogens is 1. The Balaban J connectivity index is 1.45. The second kappa shape index (κ2) is 7.16. The van der Waals surface area contributed by atoms with Crippen LogP contribution in [0.4, 0.5) is 5.82 Å². The predicted octanol–water partition coefficient (Wildman–Crippen LogP) is 4.37. The van der Waals surface area contributed by atoms with Crippen LogP contribution in [0.25, 0.3) is 0 Å². The van der Waals surface area contributed by atoms with Crippen molar-refractivity contribution >= 4 is 29.2 Å². The summed E-state index contributed by atoms with van der Waals surface area (Å²) in [5.41, 5.74) is 3.31. The van der Waals surface area contributed by atoms with Gasteiger partial charge in [0.2, 0.25) is 0 Å². The lowest BCUT2D eigenvalue weighted by molar-refractivity contribution is -0.120. The summed E-state index contributed by atoms with van der Waals surface area (Å²) in [6.45, 7) is 2.33. The number of anilines is 1. The van der Waals surface area contributed by atoms with E-state index in [1.165, 1.54) is 11.1 Å². The van der Waals surface area contributed by atoms with Gasteiger partial charge in [-0.25, -0.2) is 9.88 Å². The number of carbonyl (C=O) groups is 2. The highest BCUT2D eigenvalue weighted by atomic mass is 35.5. The molecule has 1 aliphatic heterocycles. The largest absolute Gasteiger partial charge is 0.487 e. The molecule has 0 bridgehead atoms. The predicted molar refractivity (Wildman–Crippen MR) is 103 cm³/mol. The maximum atomic E-state index is 12.6. The molecule has 0 fully saturated rings. The second-order valence-electron chi connectivity index (χ2n) is 6.83. The van der Waals surface area contributed by atoms with Crippen molar-refractivity contribution in [1.82, 2.24) is 4.98 Å². The number of carbonyl (C=O) groups excluding carboxylic acids is 2. The minimum absolute atomic E-state index is 0.229. The van der Waals surface area contributed by atoms with Crippen molar-refractivity contribution in [3.63, 3.8) is 0 Å². The Kier molecular flexibility index (Phi) is 4.70. The zero-order valence-electron chi connectivity index (χ0n) is 15.0. The van der Waals surface area contributed by atoms with Gasteiger partial charge in [0.25, 0.3) is 11.8 Å². The first-order valence-electron chi connectivity index (χ1n) is 8.99. The quantitative estimate of drug-likeness (QED) is 0.737. The molecule has 2 amide bonds. The molecule has 2 aromatic rings. The van der Waals surface area contributed by atoms with E-state index in [4.69, 9.17) is 16.3 Å². The molecule has 0 radical (unpaired) electrons. The lowest BCUT2D eigenvalue weighted by Gasteiger charge is -2.14. The van der Waals surface area contributed by atoms with Crippen LogP contribution in [0.1, 0.15) is 36.8 Å². The number of pyridine rings is 1. The third-order valence-electron chi connectivity index (χ3n) is 4.97. The molecule has 27 heavy (non-hydrogen) atoms. The Morgan fingerprint density at radius 1 is 1.07 bits per heavy atom. The fraction of sp³-hybridized carbons (Fsp3) is 0.286. The van der Waals surface area contributed by atoms with Crippen LogP contribution >= 0.6 is 11.6 Å². The molecule has 5 nitrogen and oxygen atoms in total. The molecule has 1 aromatic carbocycles. The van der Waals surface area contributed by atoms with Crippen molar-refractivity contribution in [2.24, 2.45) is 0 Å². The van der Waals surface area contributed by atoms with Crippen LogP contribution in [0.3, 0.4) is 0 Å². The lowest BCUT2D eigenvalue weighted by atomic mass is 9.93. The second-order valence-corrected chi connectivity index (χ2v) is 7.24. The van der Waals surface area contributed by atoms with Gasteiger partial charge < -0.3 is 4.74 Å². The van der Waals surface area contributed by atoms with E-state index in [9.17, 15) is 9.59 Å². The third-order valence-corrected chi connectivity index (χ3v) is 5.39. The van der Waals surface area contributed by atoms with E-state index in [1.807, 2.05) is 25.1 Å². The lowest BCUT2D eigenvalue weighted by Crippen LogP contribution is -2.32. The zero-order chi connectivity index (χ0) is 19.0. The molecule has 4 rings (SSSR count). The minimum Gasteiger partial charge on any atom is -0.487 e. The average Bonchev–Trinajstić information content (AvgIpc) is 2.94. The highest BCUT2D eigenvalue weighted by Gasteiger charge is 2.40. The Morgan fingerprint density at radius 3 is 2.37 bits per heavy atom. The molecule has 0 saturated carbocycles. The summed E-state index contributed by atoms with van der Waals surface area (Å²) in [5, 5.41) is 0.723. The van der Waals surface area contributed by atoms with Gasteiger partial charge in [0.05, 0.1) is 6.20 Å². The van der Waals surface area contributed by atoms with E-state index in [1.54, 1.807) is 12.1 Å². The molecule has 0 N–H and O–H groups in total. The number of aromatic nitrogens is 1. The summed E-state index contributed by atoms with van der Waals surface area (Å²) in [6.07, 6.45) is 4.80. The van der Waals surface area contributed by atoms with Crippen molar-refractivity contribution in [2.45, 2.75) is 39.2 Å². The van der Waals surface area contributed by atoms with E-state index in [0.29, 0.717) is 42.2 Å². The van der Waals surface area contributed by atoms with Gasteiger partial charge in [0.1, 0.15) is 18.2 Å². The number of imide groups is 1. The first-order valence-corrected chi connectivity index (χ1v) is 9.37. The summed E-state index contributed by atoms with van der Waals surface area (Å²) in [7, 11) is 0. The number of rotatable bonds is 4. The SMILES string of the molecule is Cc1cc(COc2ccc(N3C(=O)C4=C(CCCC4)C3=O)nc2)ccc1Cl. The Labute approximate surface area is 162 Å². The van der Waals surface area contributed by atoms with Crippen LogP contribution in [0, 0.1) is 6.92 Å². The number of benzene rings is 1. The van der Waals surface area contributed by atoms with Crippen molar-refractivity contribution in [3.8, 4) is 5.75 Å². The summed E-state index contributed by atoms with van der Waals surface area (Å²) in [6, 6.07) is 9.10. The van der Waals surface area contributed by atoms with Crippen molar-refractivity contribution in [2.75, 3.05) is 4.90 Å². The van der Waals surface area contributed by atoms with Gasteiger partial charge >= 0.3 is 0 Å². The molecule has 1 aromatic heterocycles. The van der Waals surface area contributed by atoms with Crippen LogP contribution < -0.4 is 9.64 Å². The molecule has 0 saturated heterocycles. The first kappa shape index (κ1) is 17.7. The summed E-state index contributed by atoms with van der Waals surface area (Å²) < 4.78 is 5.75. The summed E-state index contributed by atoms with van der Waals surface area (Å²) >= 11 is 6.03. The number of hydrogen-bond acceptors (Lipinski definition) is 4.